The number of benzene rings is 3. The molecule has 4 rings (SSSR count). The molecule has 0 bridgehead atoms. The standard InChI is InChI=1S/C24H26/c1-17(2)24(23-10-6-5-9-22(23)20-13-14-20)16-18-11-12-19-7-3-4-8-21(19)15-18/h3-12,15,17,20,24H,13-14,16H2,1-2H3. The zero-order valence-corrected chi connectivity index (χ0v) is 14.7. The summed E-state index contributed by atoms with van der Waals surface area (Å²) < 4.78 is 0. The Morgan fingerprint density at radius 2 is 1.54 bits per heavy atom. The van der Waals surface area contributed by atoms with Gasteiger partial charge in [0.15, 0.2) is 0 Å². The molecular formula is C24H26. The summed E-state index contributed by atoms with van der Waals surface area (Å²) in [7, 11) is 0. The summed E-state index contributed by atoms with van der Waals surface area (Å²) in [4.78, 5) is 0. The SMILES string of the molecule is CC(C)C(Cc1ccc2ccccc2c1)c1ccccc1C1CC1. The minimum atomic E-state index is 0.600. The molecule has 122 valence electrons. The zero-order chi connectivity index (χ0) is 16.5. The Balaban J connectivity index is 1.68. The van der Waals surface area contributed by atoms with Crippen molar-refractivity contribution in [1.82, 2.24) is 0 Å². The van der Waals surface area contributed by atoms with E-state index in [0.717, 1.165) is 12.3 Å². The summed E-state index contributed by atoms with van der Waals surface area (Å²) in [5, 5.41) is 2.69. The molecule has 0 spiro atoms. The molecule has 1 aliphatic rings. The minimum Gasteiger partial charge on any atom is -0.0622 e. The van der Waals surface area contributed by atoms with E-state index in [1.54, 1.807) is 11.1 Å². The second-order valence-electron chi connectivity index (χ2n) is 7.64. The van der Waals surface area contributed by atoms with Gasteiger partial charge in [-0.25, -0.2) is 0 Å². The first-order valence-electron chi connectivity index (χ1n) is 9.29. The molecule has 0 amide bonds. The quantitative estimate of drug-likeness (QED) is 0.491. The predicted molar refractivity (Wildman–Crippen MR) is 104 cm³/mol. The van der Waals surface area contributed by atoms with Crippen LogP contribution < -0.4 is 0 Å². The molecule has 0 radical (unpaired) electrons. The van der Waals surface area contributed by atoms with Crippen LogP contribution in [0.25, 0.3) is 10.8 Å². The van der Waals surface area contributed by atoms with E-state index in [-0.39, 0.29) is 0 Å². The molecule has 24 heavy (non-hydrogen) atoms. The lowest BCUT2D eigenvalue weighted by atomic mass is 9.80. The Morgan fingerprint density at radius 3 is 2.29 bits per heavy atom. The van der Waals surface area contributed by atoms with Crippen molar-refractivity contribution in [3.8, 4) is 0 Å². The fraction of sp³-hybridized carbons (Fsp3) is 0.333. The molecule has 0 aliphatic heterocycles. The van der Waals surface area contributed by atoms with Gasteiger partial charge in [-0.05, 0) is 64.5 Å². The lowest BCUT2D eigenvalue weighted by molar-refractivity contribution is 0.492. The molecule has 1 fully saturated rings. The summed E-state index contributed by atoms with van der Waals surface area (Å²) in [6.45, 7) is 4.74. The Labute approximate surface area is 145 Å². The second-order valence-corrected chi connectivity index (χ2v) is 7.64. The van der Waals surface area contributed by atoms with Crippen molar-refractivity contribution in [2.45, 2.75) is 44.9 Å². The smallest absolute Gasteiger partial charge is 0.00956 e. The van der Waals surface area contributed by atoms with Crippen molar-refractivity contribution in [3.05, 3.63) is 83.4 Å². The summed E-state index contributed by atoms with van der Waals surface area (Å²) in [6.07, 6.45) is 3.88. The fourth-order valence-corrected chi connectivity index (χ4v) is 3.94. The Morgan fingerprint density at radius 1 is 0.833 bits per heavy atom. The topological polar surface area (TPSA) is 0 Å². The molecule has 3 aromatic rings. The zero-order valence-electron chi connectivity index (χ0n) is 14.7. The van der Waals surface area contributed by atoms with Gasteiger partial charge in [0.2, 0.25) is 0 Å². The van der Waals surface area contributed by atoms with Gasteiger partial charge in [0, 0.05) is 0 Å². The van der Waals surface area contributed by atoms with Crippen LogP contribution in [0.5, 0.6) is 0 Å². The molecule has 1 saturated carbocycles. The average Bonchev–Trinajstić information content (AvgIpc) is 3.44. The van der Waals surface area contributed by atoms with Crippen molar-refractivity contribution in [2.24, 2.45) is 5.92 Å². The van der Waals surface area contributed by atoms with Gasteiger partial charge in [-0.1, -0.05) is 80.6 Å². The van der Waals surface area contributed by atoms with E-state index in [1.807, 2.05) is 0 Å². The van der Waals surface area contributed by atoms with E-state index in [0.29, 0.717) is 11.8 Å². The molecule has 1 atom stereocenters. The molecule has 0 N–H and O–H groups in total. The van der Waals surface area contributed by atoms with Gasteiger partial charge in [0.05, 0.1) is 0 Å². The van der Waals surface area contributed by atoms with E-state index in [2.05, 4.69) is 80.6 Å². The molecule has 1 unspecified atom stereocenters. The lowest BCUT2D eigenvalue weighted by Crippen LogP contribution is -2.12. The van der Waals surface area contributed by atoms with Crippen LogP contribution >= 0.6 is 0 Å². The second kappa shape index (κ2) is 6.43. The van der Waals surface area contributed by atoms with E-state index in [4.69, 9.17) is 0 Å². The molecule has 0 nitrogen and oxygen atoms in total. The Kier molecular flexibility index (Phi) is 4.14. The van der Waals surface area contributed by atoms with Crippen LogP contribution in [0.1, 0.15) is 55.2 Å². The largest absolute Gasteiger partial charge is 0.0622 e. The van der Waals surface area contributed by atoms with Crippen molar-refractivity contribution in [3.63, 3.8) is 0 Å². The highest BCUT2D eigenvalue weighted by Crippen LogP contribution is 2.45. The average molecular weight is 314 g/mol. The van der Waals surface area contributed by atoms with Crippen LogP contribution in [0.15, 0.2) is 66.7 Å². The van der Waals surface area contributed by atoms with Gasteiger partial charge in [0.25, 0.3) is 0 Å². The minimum absolute atomic E-state index is 0.600. The molecule has 1 aliphatic carbocycles. The molecular weight excluding hydrogens is 288 g/mol. The highest BCUT2D eigenvalue weighted by molar-refractivity contribution is 5.83. The highest BCUT2D eigenvalue weighted by atomic mass is 14.3. The van der Waals surface area contributed by atoms with Crippen LogP contribution in [0, 0.1) is 5.92 Å². The van der Waals surface area contributed by atoms with Gasteiger partial charge >= 0.3 is 0 Å². The molecule has 3 aromatic carbocycles. The molecule has 0 saturated heterocycles. The van der Waals surface area contributed by atoms with Crippen LogP contribution in [0.3, 0.4) is 0 Å². The molecule has 0 aromatic heterocycles. The maximum absolute atomic E-state index is 2.38. The predicted octanol–water partition coefficient (Wildman–Crippen LogP) is 6.70. The van der Waals surface area contributed by atoms with Crippen LogP contribution in [-0.2, 0) is 6.42 Å². The maximum atomic E-state index is 2.38. The number of hydrogen-bond donors (Lipinski definition) is 0. The first kappa shape index (κ1) is 15.4. The summed E-state index contributed by atoms with van der Waals surface area (Å²) >= 11 is 0. The normalized spacial score (nSPS) is 15.8. The first-order valence-corrected chi connectivity index (χ1v) is 9.29. The van der Waals surface area contributed by atoms with Crippen LogP contribution in [-0.4, -0.2) is 0 Å². The summed E-state index contributed by atoms with van der Waals surface area (Å²) in [5.41, 5.74) is 4.65. The maximum Gasteiger partial charge on any atom is -0.00956 e. The third-order valence-electron chi connectivity index (χ3n) is 5.49. The number of hydrogen-bond acceptors (Lipinski definition) is 0. The van der Waals surface area contributed by atoms with Crippen molar-refractivity contribution < 1.29 is 0 Å². The van der Waals surface area contributed by atoms with Gasteiger partial charge < -0.3 is 0 Å². The van der Waals surface area contributed by atoms with E-state index >= 15 is 0 Å². The number of rotatable bonds is 5. The van der Waals surface area contributed by atoms with E-state index < -0.39 is 0 Å². The lowest BCUT2D eigenvalue weighted by Gasteiger charge is -2.24. The summed E-state index contributed by atoms with van der Waals surface area (Å²) in [5.74, 6) is 2.07. The highest BCUT2D eigenvalue weighted by Gasteiger charge is 2.29. The molecule has 0 heteroatoms. The van der Waals surface area contributed by atoms with Crippen molar-refractivity contribution >= 4 is 10.8 Å². The third-order valence-corrected chi connectivity index (χ3v) is 5.49. The van der Waals surface area contributed by atoms with Crippen molar-refractivity contribution in [1.29, 1.82) is 0 Å². The Bertz CT molecular complexity index is 839. The summed E-state index contributed by atoms with van der Waals surface area (Å²) in [6, 6.07) is 24.8. The van der Waals surface area contributed by atoms with Crippen LogP contribution in [0.2, 0.25) is 0 Å². The van der Waals surface area contributed by atoms with Crippen LogP contribution in [0.4, 0.5) is 0 Å². The third kappa shape index (κ3) is 3.11. The monoisotopic (exact) mass is 314 g/mol. The van der Waals surface area contributed by atoms with Gasteiger partial charge in [-0.2, -0.15) is 0 Å². The fourth-order valence-electron chi connectivity index (χ4n) is 3.94. The van der Waals surface area contributed by atoms with Gasteiger partial charge in [0.1, 0.15) is 0 Å². The van der Waals surface area contributed by atoms with E-state index in [1.165, 1.54) is 29.2 Å². The van der Waals surface area contributed by atoms with Crippen molar-refractivity contribution in [2.75, 3.05) is 0 Å². The number of fused-ring (bicyclic) bond motifs is 1. The molecule has 0 heterocycles. The Hall–Kier alpha value is -2.08. The van der Waals surface area contributed by atoms with Gasteiger partial charge in [-0.3, -0.25) is 0 Å². The van der Waals surface area contributed by atoms with Gasteiger partial charge in [-0.15, -0.1) is 0 Å². The van der Waals surface area contributed by atoms with E-state index in [9.17, 15) is 0 Å². The first-order chi connectivity index (χ1) is 11.7.